The average molecular weight is 557 g/mol. The zero-order valence-corrected chi connectivity index (χ0v) is 22.8. The summed E-state index contributed by atoms with van der Waals surface area (Å²) in [6, 6.07) is 2.85. The normalized spacial score (nSPS) is 15.1. The standard InChI is InChI=1S/C24H28F3N4O4PS/c1-5-18(30-22(14(3)4)37(33,34)6-2)23(32)31-10-9-16-19(12-31)28-13-29-21(16)35-20-8-7-15(11-17(20)25)24(26,27)36/h5,7-8,11,13-14H,6,9-10,12,36H2,1-4H3/b18-5-,30-22?. The molecule has 1 aliphatic rings. The predicted molar refractivity (Wildman–Crippen MR) is 137 cm³/mol. The molecule has 0 saturated heterocycles. The van der Waals surface area contributed by atoms with Gasteiger partial charge in [-0.3, -0.25) is 4.79 Å². The number of halogens is 3. The summed E-state index contributed by atoms with van der Waals surface area (Å²) in [6.07, 6.45) is 2.93. The monoisotopic (exact) mass is 556 g/mol. The molecule has 0 fully saturated rings. The second-order valence-corrected chi connectivity index (χ2v) is 11.6. The van der Waals surface area contributed by atoms with Crippen molar-refractivity contribution in [1.29, 1.82) is 0 Å². The lowest BCUT2D eigenvalue weighted by Crippen LogP contribution is -2.37. The van der Waals surface area contributed by atoms with E-state index in [1.165, 1.54) is 33.5 Å². The molecule has 0 aliphatic carbocycles. The molecule has 1 aliphatic heterocycles. The van der Waals surface area contributed by atoms with Crippen molar-refractivity contribution in [3.8, 4) is 11.6 Å². The lowest BCUT2D eigenvalue weighted by Gasteiger charge is -2.29. The molecule has 1 amide bonds. The van der Waals surface area contributed by atoms with Crippen LogP contribution in [0.4, 0.5) is 13.2 Å². The molecular formula is C24H28F3N4O4PS. The van der Waals surface area contributed by atoms with Crippen molar-refractivity contribution in [1.82, 2.24) is 14.9 Å². The first-order valence-corrected chi connectivity index (χ1v) is 13.8. The predicted octanol–water partition coefficient (Wildman–Crippen LogP) is 4.61. The van der Waals surface area contributed by atoms with Gasteiger partial charge in [-0.25, -0.2) is 27.8 Å². The van der Waals surface area contributed by atoms with Crippen molar-refractivity contribution >= 4 is 30.0 Å². The Hall–Kier alpha value is -2.85. The van der Waals surface area contributed by atoms with Gasteiger partial charge in [0, 0.05) is 23.6 Å². The first-order valence-electron chi connectivity index (χ1n) is 11.5. The summed E-state index contributed by atoms with van der Waals surface area (Å²) in [4.78, 5) is 27.2. The molecule has 1 aromatic carbocycles. The summed E-state index contributed by atoms with van der Waals surface area (Å²) in [5.74, 6) is -2.19. The van der Waals surface area contributed by atoms with Gasteiger partial charge in [-0.1, -0.05) is 36.1 Å². The maximum absolute atomic E-state index is 14.4. The zero-order valence-electron chi connectivity index (χ0n) is 20.8. The first kappa shape index (κ1) is 28.7. The van der Waals surface area contributed by atoms with Crippen LogP contribution in [0.15, 0.2) is 41.3 Å². The molecular weight excluding hydrogens is 528 g/mol. The highest BCUT2D eigenvalue weighted by Crippen LogP contribution is 2.37. The quantitative estimate of drug-likeness (QED) is 0.214. The Morgan fingerprint density at radius 1 is 1.32 bits per heavy atom. The van der Waals surface area contributed by atoms with E-state index in [1.807, 2.05) is 0 Å². The second-order valence-electron chi connectivity index (χ2n) is 8.63. The topological polar surface area (TPSA) is 102 Å². The number of ether oxygens (including phenoxy) is 1. The maximum Gasteiger partial charge on any atom is 0.283 e. The van der Waals surface area contributed by atoms with Crippen molar-refractivity contribution in [2.45, 2.75) is 46.3 Å². The third kappa shape index (κ3) is 6.54. The second kappa shape index (κ2) is 11.3. The highest BCUT2D eigenvalue weighted by molar-refractivity contribution is 8.06. The van der Waals surface area contributed by atoms with E-state index >= 15 is 0 Å². The minimum atomic E-state index is -3.60. The smallest absolute Gasteiger partial charge is 0.283 e. The highest BCUT2D eigenvalue weighted by Gasteiger charge is 2.30. The Morgan fingerprint density at radius 3 is 2.59 bits per heavy atom. The number of carbonyl (C=O) groups excluding carboxylic acids is 1. The van der Waals surface area contributed by atoms with Gasteiger partial charge in [0.05, 0.1) is 18.0 Å². The molecule has 13 heteroatoms. The zero-order chi connectivity index (χ0) is 27.5. The molecule has 0 bridgehead atoms. The fourth-order valence-corrected chi connectivity index (χ4v) is 5.13. The van der Waals surface area contributed by atoms with Gasteiger partial charge < -0.3 is 9.64 Å². The molecule has 1 unspecified atom stereocenters. The lowest BCUT2D eigenvalue weighted by molar-refractivity contribution is -0.128. The SMILES string of the molecule is C/C=C(\N=C(C(C)C)S(=O)(=O)CC)C(=O)N1CCc2c(ncnc2Oc2ccc(C(F)(F)P)cc2F)C1. The van der Waals surface area contributed by atoms with Crippen LogP contribution >= 0.6 is 9.24 Å². The Bertz CT molecular complexity index is 1360. The van der Waals surface area contributed by atoms with Crippen LogP contribution in [-0.4, -0.2) is 46.5 Å². The third-order valence-corrected chi connectivity index (χ3v) is 7.99. The minimum absolute atomic E-state index is 0.00255. The van der Waals surface area contributed by atoms with Crippen LogP contribution in [0.3, 0.4) is 0 Å². The molecule has 200 valence electrons. The van der Waals surface area contributed by atoms with Crippen LogP contribution < -0.4 is 4.74 Å². The number of benzene rings is 1. The number of sulfone groups is 1. The van der Waals surface area contributed by atoms with Crippen LogP contribution in [-0.2, 0) is 33.3 Å². The van der Waals surface area contributed by atoms with Crippen molar-refractivity contribution < 1.29 is 31.1 Å². The Balaban J connectivity index is 1.84. The number of aliphatic imine (C=N–C) groups is 1. The number of alkyl halides is 2. The van der Waals surface area contributed by atoms with Gasteiger partial charge in [-0.05, 0) is 31.5 Å². The number of nitrogens with zero attached hydrogens (tertiary/aromatic N) is 4. The summed E-state index contributed by atoms with van der Waals surface area (Å²) < 4.78 is 71.8. The van der Waals surface area contributed by atoms with E-state index in [4.69, 9.17) is 4.74 Å². The number of hydrogen-bond donors (Lipinski definition) is 0. The number of fused-ring (bicyclic) bond motifs is 1. The van der Waals surface area contributed by atoms with Crippen LogP contribution in [0.1, 0.15) is 44.5 Å². The summed E-state index contributed by atoms with van der Waals surface area (Å²) in [5, 5.41) is -0.0562. The third-order valence-electron chi connectivity index (χ3n) is 5.69. The summed E-state index contributed by atoms with van der Waals surface area (Å²) in [5.41, 5.74) is -2.79. The van der Waals surface area contributed by atoms with E-state index in [-0.39, 0.29) is 47.6 Å². The van der Waals surface area contributed by atoms with Crippen molar-refractivity contribution in [2.75, 3.05) is 12.3 Å². The molecule has 0 spiro atoms. The first-order chi connectivity index (χ1) is 17.3. The van der Waals surface area contributed by atoms with Gasteiger partial charge in [0.25, 0.3) is 11.6 Å². The van der Waals surface area contributed by atoms with Crippen molar-refractivity contribution in [3.63, 3.8) is 0 Å². The number of hydrogen-bond acceptors (Lipinski definition) is 7. The number of amides is 1. The molecule has 0 saturated carbocycles. The summed E-state index contributed by atoms with van der Waals surface area (Å²) >= 11 is 0. The van der Waals surface area contributed by atoms with E-state index in [1.54, 1.807) is 20.8 Å². The van der Waals surface area contributed by atoms with Gasteiger partial charge >= 0.3 is 0 Å². The molecule has 3 rings (SSSR count). The molecule has 2 heterocycles. The van der Waals surface area contributed by atoms with Gasteiger partial charge in [-0.2, -0.15) is 8.78 Å². The molecule has 0 N–H and O–H groups in total. The van der Waals surface area contributed by atoms with E-state index in [2.05, 4.69) is 15.0 Å². The average Bonchev–Trinajstić information content (AvgIpc) is 2.84. The fourth-order valence-electron chi connectivity index (χ4n) is 3.70. The van der Waals surface area contributed by atoms with Crippen LogP contribution in [0.5, 0.6) is 11.6 Å². The van der Waals surface area contributed by atoms with Gasteiger partial charge in [0.15, 0.2) is 21.4 Å². The van der Waals surface area contributed by atoms with Gasteiger partial charge in [0.1, 0.15) is 17.1 Å². The minimum Gasteiger partial charge on any atom is -0.436 e. The number of allylic oxidation sites excluding steroid dienone is 1. The maximum atomic E-state index is 14.4. The number of rotatable bonds is 7. The Kier molecular flexibility index (Phi) is 8.74. The van der Waals surface area contributed by atoms with Crippen LogP contribution in [0.2, 0.25) is 0 Å². The molecule has 37 heavy (non-hydrogen) atoms. The Morgan fingerprint density at radius 2 is 2.03 bits per heavy atom. The van der Waals surface area contributed by atoms with Crippen LogP contribution in [0.25, 0.3) is 0 Å². The Labute approximate surface area is 216 Å². The summed E-state index contributed by atoms with van der Waals surface area (Å²) in [7, 11) is -2.25. The number of carbonyl (C=O) groups is 1. The molecule has 0 radical (unpaired) electrons. The highest BCUT2D eigenvalue weighted by atomic mass is 32.2. The summed E-state index contributed by atoms with van der Waals surface area (Å²) in [6.45, 7) is 6.81. The van der Waals surface area contributed by atoms with Crippen LogP contribution in [0, 0.1) is 11.7 Å². The largest absolute Gasteiger partial charge is 0.436 e. The number of aromatic nitrogens is 2. The van der Waals surface area contributed by atoms with Crippen molar-refractivity contribution in [3.05, 3.63) is 58.9 Å². The van der Waals surface area contributed by atoms with E-state index in [0.29, 0.717) is 17.3 Å². The van der Waals surface area contributed by atoms with Gasteiger partial charge in [-0.15, -0.1) is 0 Å². The lowest BCUT2D eigenvalue weighted by atomic mass is 10.1. The molecule has 1 aromatic heterocycles. The molecule has 1 atom stereocenters. The van der Waals surface area contributed by atoms with Crippen molar-refractivity contribution in [2.24, 2.45) is 10.9 Å². The van der Waals surface area contributed by atoms with Gasteiger partial charge in [0.2, 0.25) is 5.88 Å². The van der Waals surface area contributed by atoms with E-state index in [9.17, 15) is 26.4 Å². The van der Waals surface area contributed by atoms with E-state index in [0.717, 1.165) is 12.1 Å². The fraction of sp³-hybridized carbons (Fsp3) is 0.417. The molecule has 8 nitrogen and oxygen atoms in total. The molecule has 2 aromatic rings. The van der Waals surface area contributed by atoms with E-state index < -0.39 is 38.7 Å².